The highest BCUT2D eigenvalue weighted by atomic mass is 35.5. The maximum absolute atomic E-state index is 11.4. The van der Waals surface area contributed by atoms with Gasteiger partial charge in [-0.15, -0.1) is 5.10 Å². The lowest BCUT2D eigenvalue weighted by atomic mass is 10.2. The van der Waals surface area contributed by atoms with Gasteiger partial charge in [-0.1, -0.05) is 11.6 Å². The van der Waals surface area contributed by atoms with Gasteiger partial charge in [0.1, 0.15) is 10.7 Å². The van der Waals surface area contributed by atoms with Crippen molar-refractivity contribution in [3.63, 3.8) is 0 Å². The van der Waals surface area contributed by atoms with Crippen molar-refractivity contribution in [1.82, 2.24) is 14.8 Å². The van der Waals surface area contributed by atoms with Gasteiger partial charge in [0.15, 0.2) is 18.0 Å². The van der Waals surface area contributed by atoms with Gasteiger partial charge in [0.25, 0.3) is 5.88 Å². The molecule has 0 bridgehead atoms. The van der Waals surface area contributed by atoms with Crippen molar-refractivity contribution in [2.75, 3.05) is 6.61 Å². The van der Waals surface area contributed by atoms with E-state index in [-0.39, 0.29) is 17.5 Å². The minimum absolute atomic E-state index is 0.0562. The molecule has 1 fully saturated rings. The quantitative estimate of drug-likeness (QED) is 0.637. The number of aldehydes is 1. The molecule has 0 radical (unpaired) electrons. The van der Waals surface area contributed by atoms with E-state index in [1.165, 1.54) is 6.07 Å². The first-order valence-corrected chi connectivity index (χ1v) is 7.80. The molecule has 118 valence electrons. The van der Waals surface area contributed by atoms with Gasteiger partial charge >= 0.3 is 0 Å². The zero-order valence-corrected chi connectivity index (χ0v) is 13.3. The summed E-state index contributed by atoms with van der Waals surface area (Å²) in [5.41, 5.74) is 1.55. The Bertz CT molecular complexity index is 693. The largest absolute Gasteiger partial charge is 0.472 e. The number of carbonyl (C=O) groups excluding carboxylic acids is 1. The Labute approximate surface area is 133 Å². The third-order valence-electron chi connectivity index (χ3n) is 3.52. The fourth-order valence-corrected chi connectivity index (χ4v) is 2.83. The first-order chi connectivity index (χ1) is 10.6. The molecule has 7 heteroatoms. The number of aromatic nitrogens is 3. The highest BCUT2D eigenvalue weighted by Gasteiger charge is 2.25. The van der Waals surface area contributed by atoms with Gasteiger partial charge < -0.3 is 9.47 Å². The summed E-state index contributed by atoms with van der Waals surface area (Å²) in [5.74, 6) is 0.379. The summed E-state index contributed by atoms with van der Waals surface area (Å²) >= 11 is 6.01. The molecule has 1 saturated heterocycles. The topological polar surface area (TPSA) is 66.2 Å². The van der Waals surface area contributed by atoms with Crippen molar-refractivity contribution in [2.45, 2.75) is 45.4 Å². The van der Waals surface area contributed by atoms with Crippen LogP contribution in [-0.2, 0) is 4.74 Å². The molecule has 0 N–H and O–H groups in total. The number of halogens is 1. The summed E-state index contributed by atoms with van der Waals surface area (Å²) in [6, 6.07) is 1.54. The van der Waals surface area contributed by atoms with Crippen LogP contribution in [0.15, 0.2) is 6.07 Å². The molecule has 2 aromatic heterocycles. The maximum Gasteiger partial charge on any atom is 0.260 e. The lowest BCUT2D eigenvalue weighted by Gasteiger charge is -2.23. The van der Waals surface area contributed by atoms with Crippen molar-refractivity contribution < 1.29 is 14.3 Å². The van der Waals surface area contributed by atoms with E-state index in [1.54, 1.807) is 4.68 Å². The van der Waals surface area contributed by atoms with E-state index >= 15 is 0 Å². The van der Waals surface area contributed by atoms with E-state index in [0.717, 1.165) is 25.5 Å². The highest BCUT2D eigenvalue weighted by Crippen LogP contribution is 2.33. The molecule has 1 aliphatic rings. The Hall–Kier alpha value is -1.66. The Balaban J connectivity index is 2.19. The van der Waals surface area contributed by atoms with Crippen LogP contribution < -0.4 is 4.74 Å². The lowest BCUT2D eigenvalue weighted by Crippen LogP contribution is -2.19. The predicted molar refractivity (Wildman–Crippen MR) is 82.5 cm³/mol. The molecule has 22 heavy (non-hydrogen) atoms. The zero-order valence-electron chi connectivity index (χ0n) is 12.6. The zero-order chi connectivity index (χ0) is 15.7. The Morgan fingerprint density at radius 2 is 2.32 bits per heavy atom. The second-order valence-electron chi connectivity index (χ2n) is 5.59. The SMILES string of the molecule is CC(C)Oc1nn(C2CCCCO2)c2c(C=O)cc(Cl)nc12. The summed E-state index contributed by atoms with van der Waals surface area (Å²) in [7, 11) is 0. The number of pyridine rings is 1. The number of nitrogens with zero attached hydrogens (tertiary/aromatic N) is 3. The van der Waals surface area contributed by atoms with Gasteiger partial charge in [0, 0.05) is 12.2 Å². The monoisotopic (exact) mass is 323 g/mol. The predicted octanol–water partition coefficient (Wildman–Crippen LogP) is 3.38. The van der Waals surface area contributed by atoms with Crippen LogP contribution in [0, 0.1) is 0 Å². The average molecular weight is 324 g/mol. The van der Waals surface area contributed by atoms with Gasteiger partial charge in [-0.2, -0.15) is 0 Å². The molecular weight excluding hydrogens is 306 g/mol. The summed E-state index contributed by atoms with van der Waals surface area (Å²) in [5, 5.41) is 4.74. The molecular formula is C15H18ClN3O3. The minimum Gasteiger partial charge on any atom is -0.472 e. The highest BCUT2D eigenvalue weighted by molar-refractivity contribution is 6.30. The molecule has 1 aliphatic heterocycles. The van der Waals surface area contributed by atoms with Gasteiger partial charge in [0.05, 0.1) is 6.10 Å². The third-order valence-corrected chi connectivity index (χ3v) is 3.72. The van der Waals surface area contributed by atoms with E-state index in [2.05, 4.69) is 10.1 Å². The van der Waals surface area contributed by atoms with Crippen LogP contribution in [0.2, 0.25) is 5.15 Å². The van der Waals surface area contributed by atoms with Crippen molar-refractivity contribution in [3.8, 4) is 5.88 Å². The smallest absolute Gasteiger partial charge is 0.260 e. The van der Waals surface area contributed by atoms with Crippen molar-refractivity contribution in [2.24, 2.45) is 0 Å². The lowest BCUT2D eigenvalue weighted by molar-refractivity contribution is -0.0374. The standard InChI is InChI=1S/C15H18ClN3O3/c1-9(2)22-15-13-14(10(8-20)7-11(16)17-13)19(18-15)12-5-3-4-6-21-12/h7-9,12H,3-6H2,1-2H3. The van der Waals surface area contributed by atoms with Crippen LogP contribution in [0.5, 0.6) is 5.88 Å². The van der Waals surface area contributed by atoms with Gasteiger partial charge in [-0.25, -0.2) is 9.67 Å². The fraction of sp³-hybridized carbons (Fsp3) is 0.533. The van der Waals surface area contributed by atoms with E-state index in [4.69, 9.17) is 21.1 Å². The molecule has 0 aromatic carbocycles. The molecule has 3 rings (SSSR count). The number of carbonyl (C=O) groups is 1. The summed E-state index contributed by atoms with van der Waals surface area (Å²) in [6.45, 7) is 4.50. The molecule has 3 heterocycles. The number of rotatable bonds is 4. The van der Waals surface area contributed by atoms with Crippen LogP contribution in [0.3, 0.4) is 0 Å². The summed E-state index contributed by atoms with van der Waals surface area (Å²) in [4.78, 5) is 15.7. The van der Waals surface area contributed by atoms with E-state index in [0.29, 0.717) is 29.1 Å². The van der Waals surface area contributed by atoms with Crippen LogP contribution in [0.25, 0.3) is 11.0 Å². The molecule has 0 amide bonds. The first kappa shape index (κ1) is 15.2. The van der Waals surface area contributed by atoms with Crippen molar-refractivity contribution in [3.05, 3.63) is 16.8 Å². The first-order valence-electron chi connectivity index (χ1n) is 7.42. The molecule has 0 spiro atoms. The molecule has 1 atom stereocenters. The van der Waals surface area contributed by atoms with Crippen LogP contribution in [-0.4, -0.2) is 33.8 Å². The van der Waals surface area contributed by atoms with Crippen LogP contribution >= 0.6 is 11.6 Å². The van der Waals surface area contributed by atoms with Crippen LogP contribution in [0.4, 0.5) is 0 Å². The van der Waals surface area contributed by atoms with E-state index in [9.17, 15) is 4.79 Å². The normalized spacial score (nSPS) is 18.8. The van der Waals surface area contributed by atoms with Gasteiger partial charge in [-0.05, 0) is 39.2 Å². The summed E-state index contributed by atoms with van der Waals surface area (Å²) in [6.07, 6.45) is 3.44. The Morgan fingerprint density at radius 3 is 2.95 bits per heavy atom. The second kappa shape index (κ2) is 6.22. The third kappa shape index (κ3) is 2.80. The Morgan fingerprint density at radius 1 is 1.50 bits per heavy atom. The number of hydrogen-bond donors (Lipinski definition) is 0. The molecule has 6 nitrogen and oxygen atoms in total. The van der Waals surface area contributed by atoms with E-state index < -0.39 is 0 Å². The fourth-order valence-electron chi connectivity index (χ4n) is 2.63. The number of fused-ring (bicyclic) bond motifs is 1. The summed E-state index contributed by atoms with van der Waals surface area (Å²) < 4.78 is 13.2. The van der Waals surface area contributed by atoms with Crippen LogP contribution in [0.1, 0.15) is 49.7 Å². The van der Waals surface area contributed by atoms with Crippen molar-refractivity contribution in [1.29, 1.82) is 0 Å². The average Bonchev–Trinajstić information content (AvgIpc) is 2.85. The molecule has 0 aliphatic carbocycles. The van der Waals surface area contributed by atoms with Gasteiger partial charge in [-0.3, -0.25) is 4.79 Å². The second-order valence-corrected chi connectivity index (χ2v) is 5.97. The minimum atomic E-state index is -0.206. The molecule has 0 saturated carbocycles. The molecule has 1 unspecified atom stereocenters. The van der Waals surface area contributed by atoms with E-state index in [1.807, 2.05) is 13.8 Å². The van der Waals surface area contributed by atoms with Crippen molar-refractivity contribution >= 4 is 28.9 Å². The number of hydrogen-bond acceptors (Lipinski definition) is 5. The maximum atomic E-state index is 11.4. The number of ether oxygens (including phenoxy) is 2. The molecule has 2 aromatic rings. The Kier molecular flexibility index (Phi) is 4.31. The van der Waals surface area contributed by atoms with Gasteiger partial charge in [0.2, 0.25) is 0 Å².